The molecule has 1 heterocycles. The lowest BCUT2D eigenvalue weighted by molar-refractivity contribution is -0.132. The van der Waals surface area contributed by atoms with E-state index in [1.54, 1.807) is 0 Å². The highest BCUT2D eigenvalue weighted by Gasteiger charge is 2.30. The van der Waals surface area contributed by atoms with E-state index in [0.717, 1.165) is 18.9 Å². The van der Waals surface area contributed by atoms with Crippen LogP contribution in [0, 0.1) is 5.92 Å². The zero-order valence-corrected chi connectivity index (χ0v) is 11.6. The van der Waals surface area contributed by atoms with E-state index in [4.69, 9.17) is 5.73 Å². The second-order valence-corrected chi connectivity index (χ2v) is 6.02. The van der Waals surface area contributed by atoms with Gasteiger partial charge >= 0.3 is 0 Å². The Balaban J connectivity index is 1.80. The third-order valence-electron chi connectivity index (χ3n) is 4.62. The fourth-order valence-electron chi connectivity index (χ4n) is 3.61. The van der Waals surface area contributed by atoms with E-state index in [1.807, 2.05) is 0 Å². The normalized spacial score (nSPS) is 25.6. The summed E-state index contributed by atoms with van der Waals surface area (Å²) in [5.74, 6) is 1.23. The number of rotatable bonds is 5. The Hall–Kier alpha value is -0.570. The fourth-order valence-corrected chi connectivity index (χ4v) is 3.61. The van der Waals surface area contributed by atoms with E-state index in [9.17, 15) is 4.79 Å². The summed E-state index contributed by atoms with van der Waals surface area (Å²) in [5, 5.41) is 0. The smallest absolute Gasteiger partial charge is 0.222 e. The van der Waals surface area contributed by atoms with Crippen LogP contribution in [0.2, 0.25) is 0 Å². The number of nitrogens with zero attached hydrogens (tertiary/aromatic N) is 1. The lowest BCUT2D eigenvalue weighted by atomic mass is 9.84. The summed E-state index contributed by atoms with van der Waals surface area (Å²) in [6, 6.07) is 0.540. The summed E-state index contributed by atoms with van der Waals surface area (Å²) in [4.78, 5) is 14.3. The predicted molar refractivity (Wildman–Crippen MR) is 74.2 cm³/mol. The Labute approximate surface area is 111 Å². The highest BCUT2D eigenvalue weighted by molar-refractivity contribution is 5.76. The second kappa shape index (κ2) is 7.13. The molecule has 1 saturated carbocycles. The third-order valence-corrected chi connectivity index (χ3v) is 4.62. The maximum Gasteiger partial charge on any atom is 0.222 e. The van der Waals surface area contributed by atoms with Crippen LogP contribution in [-0.4, -0.2) is 29.9 Å². The standard InChI is InChI=1S/C15H28N2O/c16-10-4-9-15(18)17-11-5-8-14(17)12-13-6-2-1-3-7-13/h13-14H,1-12,16H2. The zero-order valence-electron chi connectivity index (χ0n) is 11.6. The van der Waals surface area contributed by atoms with Gasteiger partial charge in [0.25, 0.3) is 0 Å². The van der Waals surface area contributed by atoms with Gasteiger partial charge < -0.3 is 10.6 Å². The van der Waals surface area contributed by atoms with Gasteiger partial charge in [0.2, 0.25) is 5.91 Å². The van der Waals surface area contributed by atoms with Crippen molar-refractivity contribution in [3.63, 3.8) is 0 Å². The minimum Gasteiger partial charge on any atom is -0.340 e. The van der Waals surface area contributed by atoms with E-state index in [-0.39, 0.29) is 0 Å². The molecule has 18 heavy (non-hydrogen) atoms. The lowest BCUT2D eigenvalue weighted by Gasteiger charge is -2.30. The summed E-state index contributed by atoms with van der Waals surface area (Å²) >= 11 is 0. The van der Waals surface area contributed by atoms with E-state index >= 15 is 0 Å². The molecule has 0 aromatic heterocycles. The summed E-state index contributed by atoms with van der Waals surface area (Å²) in [7, 11) is 0. The van der Waals surface area contributed by atoms with Gasteiger partial charge in [-0.25, -0.2) is 0 Å². The van der Waals surface area contributed by atoms with E-state index in [2.05, 4.69) is 4.90 Å². The molecule has 0 bridgehead atoms. The number of hydrogen-bond donors (Lipinski definition) is 1. The van der Waals surface area contributed by atoms with Crippen LogP contribution in [0.4, 0.5) is 0 Å². The second-order valence-electron chi connectivity index (χ2n) is 6.02. The molecule has 3 heteroatoms. The molecule has 1 aliphatic heterocycles. The van der Waals surface area contributed by atoms with Crippen molar-refractivity contribution in [2.75, 3.05) is 13.1 Å². The van der Waals surface area contributed by atoms with Crippen molar-refractivity contribution in [2.45, 2.75) is 70.3 Å². The molecule has 1 amide bonds. The van der Waals surface area contributed by atoms with Crippen LogP contribution in [0.15, 0.2) is 0 Å². The van der Waals surface area contributed by atoms with Crippen molar-refractivity contribution < 1.29 is 4.79 Å². The van der Waals surface area contributed by atoms with Gasteiger partial charge in [-0.2, -0.15) is 0 Å². The maximum atomic E-state index is 12.1. The van der Waals surface area contributed by atoms with Crippen LogP contribution in [-0.2, 0) is 4.79 Å². The summed E-state index contributed by atoms with van der Waals surface area (Å²) in [5.41, 5.74) is 5.49. The molecule has 0 aromatic carbocycles. The first-order valence-corrected chi connectivity index (χ1v) is 7.81. The molecule has 1 aliphatic carbocycles. The molecule has 1 unspecified atom stereocenters. The van der Waals surface area contributed by atoms with E-state index < -0.39 is 0 Å². The number of carbonyl (C=O) groups excluding carboxylic acids is 1. The molecular formula is C15H28N2O. The van der Waals surface area contributed by atoms with E-state index in [0.29, 0.717) is 24.9 Å². The Morgan fingerprint density at radius 2 is 1.89 bits per heavy atom. The minimum atomic E-state index is 0.346. The van der Waals surface area contributed by atoms with Gasteiger partial charge in [-0.05, 0) is 38.1 Å². The molecule has 1 saturated heterocycles. The molecule has 2 rings (SSSR count). The first kappa shape index (κ1) is 13.9. The van der Waals surface area contributed by atoms with Crippen molar-refractivity contribution in [3.8, 4) is 0 Å². The van der Waals surface area contributed by atoms with Crippen LogP contribution >= 0.6 is 0 Å². The molecule has 2 N–H and O–H groups in total. The van der Waals surface area contributed by atoms with Crippen molar-refractivity contribution in [1.29, 1.82) is 0 Å². The molecule has 0 spiro atoms. The quantitative estimate of drug-likeness (QED) is 0.817. The molecule has 2 fully saturated rings. The summed E-state index contributed by atoms with van der Waals surface area (Å²) < 4.78 is 0. The van der Waals surface area contributed by atoms with Crippen LogP contribution < -0.4 is 5.73 Å². The molecule has 1 atom stereocenters. The predicted octanol–water partition coefficient (Wildman–Crippen LogP) is 2.69. The highest BCUT2D eigenvalue weighted by atomic mass is 16.2. The number of nitrogens with two attached hydrogens (primary N) is 1. The Kier molecular flexibility index (Phi) is 5.48. The molecule has 0 aromatic rings. The van der Waals surface area contributed by atoms with Gasteiger partial charge in [0, 0.05) is 19.0 Å². The van der Waals surface area contributed by atoms with Crippen molar-refractivity contribution in [1.82, 2.24) is 4.90 Å². The van der Waals surface area contributed by atoms with Gasteiger partial charge in [-0.15, -0.1) is 0 Å². The minimum absolute atomic E-state index is 0.346. The maximum absolute atomic E-state index is 12.1. The number of carbonyl (C=O) groups is 1. The Morgan fingerprint density at radius 3 is 2.61 bits per heavy atom. The monoisotopic (exact) mass is 252 g/mol. The van der Waals surface area contributed by atoms with Crippen LogP contribution in [0.1, 0.15) is 64.2 Å². The molecular weight excluding hydrogens is 224 g/mol. The number of amides is 1. The number of hydrogen-bond acceptors (Lipinski definition) is 2. The van der Waals surface area contributed by atoms with Gasteiger partial charge in [-0.3, -0.25) is 4.79 Å². The lowest BCUT2D eigenvalue weighted by Crippen LogP contribution is -2.37. The average molecular weight is 252 g/mol. The van der Waals surface area contributed by atoms with Crippen LogP contribution in [0.3, 0.4) is 0 Å². The van der Waals surface area contributed by atoms with Crippen LogP contribution in [0.5, 0.6) is 0 Å². The zero-order chi connectivity index (χ0) is 12.8. The highest BCUT2D eigenvalue weighted by Crippen LogP contribution is 2.32. The fraction of sp³-hybridized carbons (Fsp3) is 0.933. The topological polar surface area (TPSA) is 46.3 Å². The van der Waals surface area contributed by atoms with Crippen molar-refractivity contribution in [2.24, 2.45) is 11.7 Å². The van der Waals surface area contributed by atoms with Crippen molar-refractivity contribution >= 4 is 5.91 Å². The largest absolute Gasteiger partial charge is 0.340 e. The Morgan fingerprint density at radius 1 is 1.11 bits per heavy atom. The SMILES string of the molecule is NCCCC(=O)N1CCCC1CC1CCCCC1. The Bertz CT molecular complexity index is 261. The molecule has 3 nitrogen and oxygen atoms in total. The van der Waals surface area contributed by atoms with Gasteiger partial charge in [0.05, 0.1) is 0 Å². The molecule has 104 valence electrons. The van der Waals surface area contributed by atoms with Crippen molar-refractivity contribution in [3.05, 3.63) is 0 Å². The van der Waals surface area contributed by atoms with Gasteiger partial charge in [0.15, 0.2) is 0 Å². The summed E-state index contributed by atoms with van der Waals surface area (Å²) in [6.07, 6.45) is 12.2. The first-order chi connectivity index (χ1) is 8.81. The molecule has 0 radical (unpaired) electrons. The first-order valence-electron chi connectivity index (χ1n) is 7.81. The third kappa shape index (κ3) is 3.71. The van der Waals surface area contributed by atoms with E-state index in [1.165, 1.54) is 51.4 Å². The summed E-state index contributed by atoms with van der Waals surface area (Å²) in [6.45, 7) is 1.62. The number of likely N-dealkylation sites (tertiary alicyclic amines) is 1. The average Bonchev–Trinajstić information content (AvgIpc) is 2.85. The van der Waals surface area contributed by atoms with Gasteiger partial charge in [-0.1, -0.05) is 32.1 Å². The molecule has 2 aliphatic rings. The van der Waals surface area contributed by atoms with Crippen LogP contribution in [0.25, 0.3) is 0 Å². The van der Waals surface area contributed by atoms with Gasteiger partial charge in [0.1, 0.15) is 0 Å².